The summed E-state index contributed by atoms with van der Waals surface area (Å²) in [6.07, 6.45) is -0.365. The Morgan fingerprint density at radius 2 is 1.52 bits per heavy atom. The van der Waals surface area contributed by atoms with Gasteiger partial charge in [0, 0.05) is 5.69 Å². The highest BCUT2D eigenvalue weighted by molar-refractivity contribution is 6.05. The van der Waals surface area contributed by atoms with Crippen molar-refractivity contribution in [3.8, 4) is 0 Å². The highest BCUT2D eigenvalue weighted by Crippen LogP contribution is 2.41. The molecule has 0 N–H and O–H groups in total. The number of para-hydroxylation sites is 1. The molecule has 3 heteroatoms. The Morgan fingerprint density at radius 1 is 0.952 bits per heavy atom. The second-order valence-electron chi connectivity index (χ2n) is 5.50. The first-order valence-electron chi connectivity index (χ1n) is 7.27. The minimum Gasteiger partial charge on any atom is -0.363 e. The number of rotatable bonds is 4. The van der Waals surface area contributed by atoms with Crippen LogP contribution >= 0.6 is 0 Å². The lowest BCUT2D eigenvalue weighted by Crippen LogP contribution is -2.60. The number of benzene rings is 2. The quantitative estimate of drug-likeness (QED) is 0.802. The Bertz CT molecular complexity index is 610. The maximum Gasteiger partial charge on any atom is 0.259 e. The van der Waals surface area contributed by atoms with Gasteiger partial charge < -0.3 is 4.74 Å². The van der Waals surface area contributed by atoms with E-state index in [1.54, 1.807) is 0 Å². The number of carbonyl (C=O) groups excluding carboxylic acids is 1. The first-order chi connectivity index (χ1) is 10.2. The molecule has 0 bridgehead atoms. The van der Waals surface area contributed by atoms with E-state index in [9.17, 15) is 4.79 Å². The molecule has 0 unspecified atom stereocenters. The Labute approximate surface area is 125 Å². The molecular weight excluding hydrogens is 262 g/mol. The lowest BCUT2D eigenvalue weighted by molar-refractivity contribution is -0.146. The molecule has 1 aliphatic rings. The predicted octanol–water partition coefficient (Wildman–Crippen LogP) is 3.57. The predicted molar refractivity (Wildman–Crippen MR) is 83.1 cm³/mol. The van der Waals surface area contributed by atoms with Gasteiger partial charge in [0.25, 0.3) is 5.91 Å². The molecule has 3 nitrogen and oxygen atoms in total. The van der Waals surface area contributed by atoms with Gasteiger partial charge in [0.05, 0.1) is 12.1 Å². The Hall–Kier alpha value is -2.13. The fourth-order valence-corrected chi connectivity index (χ4v) is 2.74. The van der Waals surface area contributed by atoms with E-state index < -0.39 is 6.10 Å². The van der Waals surface area contributed by atoms with Crippen LogP contribution in [0.5, 0.6) is 0 Å². The molecule has 2 aromatic carbocycles. The summed E-state index contributed by atoms with van der Waals surface area (Å²) in [4.78, 5) is 14.3. The van der Waals surface area contributed by atoms with E-state index in [0.717, 1.165) is 11.3 Å². The van der Waals surface area contributed by atoms with E-state index in [0.29, 0.717) is 0 Å². The summed E-state index contributed by atoms with van der Waals surface area (Å²) < 4.78 is 5.83. The second kappa shape index (κ2) is 5.70. The minimum atomic E-state index is -0.396. The number of ether oxygens (including phenoxy) is 1. The number of nitrogens with zero attached hydrogens (tertiary/aromatic N) is 1. The van der Waals surface area contributed by atoms with Crippen LogP contribution < -0.4 is 4.90 Å². The van der Waals surface area contributed by atoms with E-state index in [1.807, 2.05) is 79.4 Å². The molecule has 2 aromatic rings. The van der Waals surface area contributed by atoms with Crippen molar-refractivity contribution in [1.29, 1.82) is 0 Å². The molecule has 0 aliphatic carbocycles. The van der Waals surface area contributed by atoms with Crippen molar-refractivity contribution in [1.82, 2.24) is 0 Å². The minimum absolute atomic E-state index is 0.0306. The summed E-state index contributed by atoms with van der Waals surface area (Å²) in [5.41, 5.74) is 2.02. The van der Waals surface area contributed by atoms with Crippen LogP contribution in [0.15, 0.2) is 60.7 Å². The second-order valence-corrected chi connectivity index (χ2v) is 5.50. The van der Waals surface area contributed by atoms with Gasteiger partial charge >= 0.3 is 0 Å². The maximum atomic E-state index is 12.5. The molecular formula is C18H19NO2. The van der Waals surface area contributed by atoms with Crippen molar-refractivity contribution >= 4 is 11.6 Å². The molecule has 0 spiro atoms. The first kappa shape index (κ1) is 13.8. The van der Waals surface area contributed by atoms with E-state index in [-0.39, 0.29) is 18.1 Å². The number of hydrogen-bond donors (Lipinski definition) is 0. The van der Waals surface area contributed by atoms with Crippen LogP contribution in [-0.4, -0.2) is 18.1 Å². The Kier molecular flexibility index (Phi) is 3.76. The fourth-order valence-electron chi connectivity index (χ4n) is 2.74. The van der Waals surface area contributed by atoms with E-state index in [4.69, 9.17) is 4.74 Å². The number of hydrogen-bond acceptors (Lipinski definition) is 2. The van der Waals surface area contributed by atoms with Gasteiger partial charge in [0.2, 0.25) is 0 Å². The van der Waals surface area contributed by atoms with Crippen LogP contribution in [0.25, 0.3) is 0 Å². The summed E-state index contributed by atoms with van der Waals surface area (Å²) in [5, 5.41) is 0. The van der Waals surface area contributed by atoms with E-state index in [2.05, 4.69) is 0 Å². The van der Waals surface area contributed by atoms with Gasteiger partial charge in [-0.05, 0) is 31.5 Å². The third kappa shape index (κ3) is 2.57. The zero-order chi connectivity index (χ0) is 14.8. The van der Waals surface area contributed by atoms with Crippen molar-refractivity contribution < 1.29 is 9.53 Å². The molecule has 1 heterocycles. The number of amides is 1. The molecule has 1 aliphatic heterocycles. The van der Waals surface area contributed by atoms with Crippen molar-refractivity contribution in [2.24, 2.45) is 0 Å². The van der Waals surface area contributed by atoms with Gasteiger partial charge in [0.15, 0.2) is 6.10 Å². The van der Waals surface area contributed by atoms with Gasteiger partial charge in [-0.3, -0.25) is 9.69 Å². The highest BCUT2D eigenvalue weighted by Gasteiger charge is 2.50. The van der Waals surface area contributed by atoms with Crippen molar-refractivity contribution in [2.45, 2.75) is 32.1 Å². The zero-order valence-electron chi connectivity index (χ0n) is 12.3. The smallest absolute Gasteiger partial charge is 0.259 e. The largest absolute Gasteiger partial charge is 0.363 e. The van der Waals surface area contributed by atoms with E-state index in [1.165, 1.54) is 0 Å². The molecule has 0 aromatic heterocycles. The molecule has 1 amide bonds. The Balaban J connectivity index is 1.94. The third-order valence-corrected chi connectivity index (χ3v) is 3.64. The molecule has 1 saturated heterocycles. The molecule has 108 valence electrons. The molecule has 3 rings (SSSR count). The van der Waals surface area contributed by atoms with Crippen LogP contribution in [0.3, 0.4) is 0 Å². The lowest BCUT2D eigenvalue weighted by Gasteiger charge is -2.47. The average molecular weight is 281 g/mol. The number of anilines is 1. The molecule has 0 saturated carbocycles. The number of carbonyl (C=O) groups is 1. The van der Waals surface area contributed by atoms with E-state index >= 15 is 0 Å². The summed E-state index contributed by atoms with van der Waals surface area (Å²) in [7, 11) is 0. The van der Waals surface area contributed by atoms with Gasteiger partial charge in [-0.1, -0.05) is 48.5 Å². The van der Waals surface area contributed by atoms with Crippen LogP contribution in [0.4, 0.5) is 5.69 Å². The highest BCUT2D eigenvalue weighted by atomic mass is 16.5. The topological polar surface area (TPSA) is 29.5 Å². The average Bonchev–Trinajstić information content (AvgIpc) is 2.51. The number of β-lactam (4-membered cyclic amide) rings is 1. The summed E-state index contributed by atoms with van der Waals surface area (Å²) in [5.74, 6) is 0.0313. The van der Waals surface area contributed by atoms with Gasteiger partial charge in [-0.15, -0.1) is 0 Å². The lowest BCUT2D eigenvalue weighted by atomic mass is 9.89. The van der Waals surface area contributed by atoms with Gasteiger partial charge in [-0.2, -0.15) is 0 Å². The first-order valence-corrected chi connectivity index (χ1v) is 7.27. The van der Waals surface area contributed by atoms with Crippen LogP contribution in [0, 0.1) is 0 Å². The molecule has 0 radical (unpaired) electrons. The van der Waals surface area contributed by atoms with Crippen LogP contribution in [0.2, 0.25) is 0 Å². The fraction of sp³-hybridized carbons (Fsp3) is 0.278. The normalized spacial score (nSPS) is 21.5. The molecule has 1 fully saturated rings. The van der Waals surface area contributed by atoms with Crippen LogP contribution in [-0.2, 0) is 9.53 Å². The standard InChI is InChI=1S/C18H19NO2/c1-13(2)21-17-16(14-9-5-3-6-10-14)19(18(17)20)15-11-7-4-8-12-15/h3-13,16-17H,1-2H3/t16-,17-/m1/s1. The SMILES string of the molecule is CC(C)O[C@H]1C(=O)N(c2ccccc2)[C@@H]1c1ccccc1. The summed E-state index contributed by atoms with van der Waals surface area (Å²) >= 11 is 0. The monoisotopic (exact) mass is 281 g/mol. The third-order valence-electron chi connectivity index (χ3n) is 3.64. The maximum absolute atomic E-state index is 12.5. The molecule has 21 heavy (non-hydrogen) atoms. The molecule has 2 atom stereocenters. The van der Waals surface area contributed by atoms with Crippen molar-refractivity contribution in [3.63, 3.8) is 0 Å². The van der Waals surface area contributed by atoms with Crippen molar-refractivity contribution in [3.05, 3.63) is 66.2 Å². The van der Waals surface area contributed by atoms with Gasteiger partial charge in [0.1, 0.15) is 0 Å². The van der Waals surface area contributed by atoms with Gasteiger partial charge in [-0.25, -0.2) is 0 Å². The Morgan fingerprint density at radius 3 is 2.10 bits per heavy atom. The zero-order valence-corrected chi connectivity index (χ0v) is 12.3. The summed E-state index contributed by atoms with van der Waals surface area (Å²) in [6, 6.07) is 19.8. The summed E-state index contributed by atoms with van der Waals surface area (Å²) in [6.45, 7) is 3.92. The van der Waals surface area contributed by atoms with Crippen LogP contribution in [0.1, 0.15) is 25.5 Å². The van der Waals surface area contributed by atoms with Crippen molar-refractivity contribution in [2.75, 3.05) is 4.90 Å².